The molecule has 5 nitrogen and oxygen atoms in total. The second-order valence-electron chi connectivity index (χ2n) is 2.90. The van der Waals surface area contributed by atoms with Crippen molar-refractivity contribution in [3.8, 4) is 0 Å². The van der Waals surface area contributed by atoms with Gasteiger partial charge in [0.1, 0.15) is 12.4 Å². The van der Waals surface area contributed by atoms with Gasteiger partial charge >= 0.3 is 6.09 Å². The predicted molar refractivity (Wildman–Crippen MR) is 56.3 cm³/mol. The summed E-state index contributed by atoms with van der Waals surface area (Å²) in [6.07, 6.45) is -0.489. The topological polar surface area (TPSA) is 62.9 Å². The minimum atomic E-state index is -0.489. The highest BCUT2D eigenvalue weighted by Crippen LogP contribution is 2.15. The van der Waals surface area contributed by atoms with Crippen molar-refractivity contribution in [1.29, 1.82) is 0 Å². The number of carbonyl (C=O) groups is 1. The molecule has 0 bridgehead atoms. The molecule has 1 aromatic heterocycles. The third kappa shape index (κ3) is 3.93. The van der Waals surface area contributed by atoms with Crippen LogP contribution in [-0.2, 0) is 11.3 Å². The lowest BCUT2D eigenvalue weighted by atomic mass is 10.4. The molecule has 0 aromatic carbocycles. The summed E-state index contributed by atoms with van der Waals surface area (Å²) in [6, 6.07) is 3.52. The molecule has 1 amide bonds. The Morgan fingerprint density at radius 3 is 2.93 bits per heavy atom. The molecule has 0 saturated heterocycles. The van der Waals surface area contributed by atoms with Crippen molar-refractivity contribution in [3.63, 3.8) is 0 Å². The highest BCUT2D eigenvalue weighted by atomic mass is 79.9. The van der Waals surface area contributed by atoms with E-state index in [1.54, 1.807) is 19.2 Å². The fraction of sp³-hybridized carbons (Fsp3) is 0.444. The first kappa shape index (κ1) is 12.1. The van der Waals surface area contributed by atoms with Gasteiger partial charge in [0, 0.05) is 7.05 Å². The monoisotopic (exact) mass is 277 g/mol. The van der Waals surface area contributed by atoms with Crippen LogP contribution >= 0.6 is 15.9 Å². The Balaban J connectivity index is 2.41. The number of ether oxygens (including phenoxy) is 1. The van der Waals surface area contributed by atoms with Crippen LogP contribution in [0.2, 0.25) is 0 Å². The molecule has 84 valence electrons. The zero-order chi connectivity index (χ0) is 11.3. The molecular formula is C9H12BrNO4. The van der Waals surface area contributed by atoms with E-state index >= 15 is 0 Å². The van der Waals surface area contributed by atoms with Gasteiger partial charge in [0.15, 0.2) is 4.67 Å². The molecule has 0 aliphatic rings. The van der Waals surface area contributed by atoms with Crippen molar-refractivity contribution in [2.24, 2.45) is 0 Å². The molecule has 1 aromatic rings. The summed E-state index contributed by atoms with van der Waals surface area (Å²) in [5.41, 5.74) is 0. The van der Waals surface area contributed by atoms with Crippen LogP contribution < -0.4 is 0 Å². The van der Waals surface area contributed by atoms with Crippen molar-refractivity contribution < 1.29 is 19.1 Å². The predicted octanol–water partition coefficient (Wildman–Crippen LogP) is 1.60. The third-order valence-electron chi connectivity index (χ3n) is 1.65. The average molecular weight is 278 g/mol. The summed E-state index contributed by atoms with van der Waals surface area (Å²) >= 11 is 3.17. The fourth-order valence-electron chi connectivity index (χ4n) is 0.978. The van der Waals surface area contributed by atoms with E-state index in [1.165, 1.54) is 4.90 Å². The van der Waals surface area contributed by atoms with Crippen LogP contribution in [0.15, 0.2) is 21.2 Å². The summed E-state index contributed by atoms with van der Waals surface area (Å²) in [5, 5.41) is 8.47. The molecule has 1 heterocycles. The number of furan rings is 1. The summed E-state index contributed by atoms with van der Waals surface area (Å²) in [4.78, 5) is 12.6. The quantitative estimate of drug-likeness (QED) is 0.908. The number of hydrogen-bond donors (Lipinski definition) is 1. The van der Waals surface area contributed by atoms with Gasteiger partial charge in [-0.15, -0.1) is 0 Å². The second kappa shape index (κ2) is 5.77. The number of nitrogens with zero attached hydrogens (tertiary/aromatic N) is 1. The summed E-state index contributed by atoms with van der Waals surface area (Å²) in [7, 11) is 1.59. The highest BCUT2D eigenvalue weighted by Gasteiger charge is 2.11. The van der Waals surface area contributed by atoms with Gasteiger partial charge in [-0.1, -0.05) is 0 Å². The molecule has 0 radical (unpaired) electrons. The van der Waals surface area contributed by atoms with E-state index in [0.717, 1.165) is 0 Å². The summed E-state index contributed by atoms with van der Waals surface area (Å²) < 4.78 is 10.6. The average Bonchev–Trinajstić information content (AvgIpc) is 2.60. The normalized spacial score (nSPS) is 10.1. The Bertz CT molecular complexity index is 326. The molecular weight excluding hydrogens is 266 g/mol. The first-order valence-electron chi connectivity index (χ1n) is 4.36. The maximum atomic E-state index is 11.3. The van der Waals surface area contributed by atoms with Crippen molar-refractivity contribution in [2.75, 3.05) is 20.3 Å². The van der Waals surface area contributed by atoms with Crippen molar-refractivity contribution >= 4 is 22.0 Å². The molecule has 15 heavy (non-hydrogen) atoms. The second-order valence-corrected chi connectivity index (χ2v) is 3.68. The van der Waals surface area contributed by atoms with Crippen molar-refractivity contribution in [2.45, 2.75) is 6.54 Å². The largest absolute Gasteiger partial charge is 0.452 e. The van der Waals surface area contributed by atoms with Gasteiger partial charge < -0.3 is 19.2 Å². The molecule has 6 heteroatoms. The minimum absolute atomic E-state index is 0.00498. The Morgan fingerprint density at radius 1 is 1.67 bits per heavy atom. The zero-order valence-electron chi connectivity index (χ0n) is 8.27. The maximum absolute atomic E-state index is 11.3. The van der Waals surface area contributed by atoms with E-state index < -0.39 is 6.09 Å². The smallest absolute Gasteiger partial charge is 0.409 e. The Hall–Kier alpha value is -1.01. The van der Waals surface area contributed by atoms with Crippen LogP contribution in [-0.4, -0.2) is 36.4 Å². The minimum Gasteiger partial charge on any atom is -0.452 e. The van der Waals surface area contributed by atoms with E-state index in [1.807, 2.05) is 0 Å². The Morgan fingerprint density at radius 2 is 2.40 bits per heavy atom. The first-order valence-corrected chi connectivity index (χ1v) is 5.15. The Kier molecular flexibility index (Phi) is 4.64. The van der Waals surface area contributed by atoms with Crippen molar-refractivity contribution in [1.82, 2.24) is 4.90 Å². The number of amides is 1. The molecule has 0 aliphatic carbocycles. The molecule has 0 atom stereocenters. The lowest BCUT2D eigenvalue weighted by molar-refractivity contribution is 0.0876. The lowest BCUT2D eigenvalue weighted by Crippen LogP contribution is -2.27. The van der Waals surface area contributed by atoms with Gasteiger partial charge in [0.05, 0.1) is 13.2 Å². The standard InChI is InChI=1S/C9H12BrNO4/c1-11(9(13)14-5-4-12)6-7-2-3-8(10)15-7/h2-3,12H,4-6H2,1H3. The molecule has 0 fully saturated rings. The van der Waals surface area contributed by atoms with Crippen LogP contribution in [0.5, 0.6) is 0 Å². The van der Waals surface area contributed by atoms with Gasteiger partial charge in [0.2, 0.25) is 0 Å². The summed E-state index contributed by atoms with van der Waals surface area (Å²) in [5.74, 6) is 0.658. The number of hydrogen-bond acceptors (Lipinski definition) is 4. The number of rotatable bonds is 4. The summed E-state index contributed by atoms with van der Waals surface area (Å²) in [6.45, 7) is 0.159. The van der Waals surface area contributed by atoms with Crippen molar-refractivity contribution in [3.05, 3.63) is 22.6 Å². The SMILES string of the molecule is CN(Cc1ccc(Br)o1)C(=O)OCCO. The number of aliphatic hydroxyl groups is 1. The molecule has 1 N–H and O–H groups in total. The van der Waals surface area contributed by atoms with Gasteiger partial charge in [0.25, 0.3) is 0 Å². The van der Waals surface area contributed by atoms with E-state index in [4.69, 9.17) is 14.3 Å². The molecule has 0 saturated carbocycles. The lowest BCUT2D eigenvalue weighted by Gasteiger charge is -2.14. The van der Waals surface area contributed by atoms with Crippen LogP contribution in [0, 0.1) is 0 Å². The van der Waals surface area contributed by atoms with Crippen LogP contribution in [0.1, 0.15) is 5.76 Å². The Labute approximate surface area is 95.7 Å². The first-order chi connectivity index (χ1) is 7.13. The van der Waals surface area contributed by atoms with Gasteiger partial charge in [-0.05, 0) is 28.1 Å². The van der Waals surface area contributed by atoms with Crippen LogP contribution in [0.25, 0.3) is 0 Å². The number of halogens is 1. The van der Waals surface area contributed by atoms with E-state index in [-0.39, 0.29) is 13.2 Å². The van der Waals surface area contributed by atoms with E-state index in [9.17, 15) is 4.79 Å². The van der Waals surface area contributed by atoms with Gasteiger partial charge in [-0.3, -0.25) is 0 Å². The fourth-order valence-corrected chi connectivity index (χ4v) is 1.32. The zero-order valence-corrected chi connectivity index (χ0v) is 9.86. The van der Waals surface area contributed by atoms with Crippen LogP contribution in [0.4, 0.5) is 4.79 Å². The number of aliphatic hydroxyl groups excluding tert-OH is 1. The molecule has 1 rings (SSSR count). The molecule has 0 spiro atoms. The highest BCUT2D eigenvalue weighted by molar-refractivity contribution is 9.10. The van der Waals surface area contributed by atoms with E-state index in [2.05, 4.69) is 15.9 Å². The number of carbonyl (C=O) groups excluding carboxylic acids is 1. The molecule has 0 aliphatic heterocycles. The van der Waals surface area contributed by atoms with Crippen LogP contribution in [0.3, 0.4) is 0 Å². The van der Waals surface area contributed by atoms with Gasteiger partial charge in [-0.2, -0.15) is 0 Å². The maximum Gasteiger partial charge on any atom is 0.409 e. The van der Waals surface area contributed by atoms with Gasteiger partial charge in [-0.25, -0.2) is 4.79 Å². The molecule has 0 unspecified atom stereocenters. The third-order valence-corrected chi connectivity index (χ3v) is 2.08. The van der Waals surface area contributed by atoms with E-state index in [0.29, 0.717) is 17.0 Å².